The van der Waals surface area contributed by atoms with E-state index in [2.05, 4.69) is 41.4 Å². The molecule has 0 aliphatic rings. The summed E-state index contributed by atoms with van der Waals surface area (Å²) in [5.41, 5.74) is 6.22. The molecule has 0 spiro atoms. The fourth-order valence-corrected chi connectivity index (χ4v) is 4.66. The van der Waals surface area contributed by atoms with Gasteiger partial charge in [0.2, 0.25) is 0 Å². The van der Waals surface area contributed by atoms with Crippen molar-refractivity contribution >= 4 is 21.6 Å². The molecular weight excluding hydrogens is 378 g/mol. The Morgan fingerprint density at radius 2 is 1.41 bits per heavy atom. The summed E-state index contributed by atoms with van der Waals surface area (Å²) >= 11 is 1.50. The van der Waals surface area contributed by atoms with Crippen molar-refractivity contribution in [3.8, 4) is 22.3 Å². The van der Waals surface area contributed by atoms with Gasteiger partial charge in [0.25, 0.3) is 5.56 Å². The number of hydrogen-bond donors (Lipinski definition) is 0. The average Bonchev–Trinajstić information content (AvgIpc) is 3.33. The molecule has 0 fully saturated rings. The molecule has 142 valence electrons. The highest BCUT2D eigenvalue weighted by Crippen LogP contribution is 2.32. The third kappa shape index (κ3) is 2.91. The van der Waals surface area contributed by atoms with Crippen LogP contribution in [-0.2, 0) is 0 Å². The molecule has 0 unspecified atom stereocenters. The van der Waals surface area contributed by atoms with Crippen molar-refractivity contribution in [2.45, 2.75) is 13.8 Å². The van der Waals surface area contributed by atoms with E-state index in [1.54, 1.807) is 11.0 Å². The first-order chi connectivity index (χ1) is 14.1. The van der Waals surface area contributed by atoms with Crippen molar-refractivity contribution in [3.05, 3.63) is 100 Å². The maximum Gasteiger partial charge on any atom is 0.282 e. The first-order valence-corrected chi connectivity index (χ1v) is 10.3. The molecule has 0 aliphatic heterocycles. The predicted molar refractivity (Wildman–Crippen MR) is 119 cm³/mol. The second-order valence-electron chi connectivity index (χ2n) is 7.10. The lowest BCUT2D eigenvalue weighted by Crippen LogP contribution is -2.27. The maximum absolute atomic E-state index is 13.4. The standard InChI is InChI=1S/C24H19N3OS/c1-16-8-9-17(2)27(16)26-15-25-23-22(24(26)28)21(14-29-23)20-12-10-19(11-13-20)18-6-4-3-5-7-18/h3-15H,1-2H3. The first-order valence-electron chi connectivity index (χ1n) is 9.44. The van der Waals surface area contributed by atoms with Crippen molar-refractivity contribution < 1.29 is 0 Å². The third-order valence-electron chi connectivity index (χ3n) is 5.23. The third-order valence-corrected chi connectivity index (χ3v) is 6.12. The molecule has 29 heavy (non-hydrogen) atoms. The molecule has 3 heterocycles. The second-order valence-corrected chi connectivity index (χ2v) is 7.95. The van der Waals surface area contributed by atoms with Gasteiger partial charge in [-0.2, -0.15) is 0 Å². The summed E-state index contributed by atoms with van der Waals surface area (Å²) in [6.07, 6.45) is 1.61. The number of fused-ring (bicyclic) bond motifs is 1. The lowest BCUT2D eigenvalue weighted by atomic mass is 10.0. The molecule has 0 aliphatic carbocycles. The van der Waals surface area contributed by atoms with E-state index in [4.69, 9.17) is 0 Å². The van der Waals surface area contributed by atoms with E-state index < -0.39 is 0 Å². The monoisotopic (exact) mass is 397 g/mol. The van der Waals surface area contributed by atoms with E-state index in [1.165, 1.54) is 16.9 Å². The van der Waals surface area contributed by atoms with E-state index >= 15 is 0 Å². The lowest BCUT2D eigenvalue weighted by molar-refractivity contribution is 0.594. The van der Waals surface area contributed by atoms with E-state index in [0.717, 1.165) is 32.9 Å². The number of nitrogens with zero attached hydrogens (tertiary/aromatic N) is 3. The quantitative estimate of drug-likeness (QED) is 0.402. The molecule has 0 saturated heterocycles. The fraction of sp³-hybridized carbons (Fsp3) is 0.0833. The topological polar surface area (TPSA) is 39.8 Å². The van der Waals surface area contributed by atoms with Crippen LogP contribution in [0.5, 0.6) is 0 Å². The molecule has 0 amide bonds. The van der Waals surface area contributed by atoms with Crippen molar-refractivity contribution in [1.29, 1.82) is 0 Å². The molecule has 5 aromatic rings. The van der Waals surface area contributed by atoms with Crippen LogP contribution >= 0.6 is 11.3 Å². The fourth-order valence-electron chi connectivity index (χ4n) is 3.75. The van der Waals surface area contributed by atoms with Gasteiger partial charge in [-0.1, -0.05) is 54.6 Å². The van der Waals surface area contributed by atoms with Gasteiger partial charge in [0.1, 0.15) is 11.2 Å². The summed E-state index contributed by atoms with van der Waals surface area (Å²) < 4.78 is 3.50. The van der Waals surface area contributed by atoms with Crippen LogP contribution in [0.25, 0.3) is 32.5 Å². The van der Waals surface area contributed by atoms with E-state index in [0.29, 0.717) is 5.39 Å². The molecule has 0 saturated carbocycles. The summed E-state index contributed by atoms with van der Waals surface area (Å²) in [6, 6.07) is 22.6. The zero-order valence-electron chi connectivity index (χ0n) is 16.2. The molecule has 5 heteroatoms. The Kier molecular flexibility index (Phi) is 4.18. The lowest BCUT2D eigenvalue weighted by Gasteiger charge is -2.12. The summed E-state index contributed by atoms with van der Waals surface area (Å²) in [6.45, 7) is 3.97. The normalized spacial score (nSPS) is 11.2. The van der Waals surface area contributed by atoms with Gasteiger partial charge < -0.3 is 0 Å². The summed E-state index contributed by atoms with van der Waals surface area (Å²) in [4.78, 5) is 18.7. The van der Waals surface area contributed by atoms with Gasteiger partial charge in [-0.3, -0.25) is 9.47 Å². The Morgan fingerprint density at radius 1 is 0.793 bits per heavy atom. The molecular formula is C24H19N3OS. The second kappa shape index (κ2) is 6.87. The molecule has 4 nitrogen and oxygen atoms in total. The van der Waals surface area contributed by atoms with Gasteiger partial charge in [-0.05, 0) is 42.7 Å². The highest BCUT2D eigenvalue weighted by Gasteiger charge is 2.15. The largest absolute Gasteiger partial charge is 0.282 e. The average molecular weight is 398 g/mol. The van der Waals surface area contributed by atoms with Crippen LogP contribution in [0.4, 0.5) is 0 Å². The molecule has 3 aromatic heterocycles. The molecule has 0 atom stereocenters. The van der Waals surface area contributed by atoms with Gasteiger partial charge in [-0.15, -0.1) is 11.3 Å². The Labute approximate surface area is 172 Å². The van der Waals surface area contributed by atoms with E-state index in [-0.39, 0.29) is 5.56 Å². The predicted octanol–water partition coefficient (Wildman–Crippen LogP) is 5.52. The zero-order chi connectivity index (χ0) is 20.0. The van der Waals surface area contributed by atoms with Crippen LogP contribution in [-0.4, -0.2) is 14.3 Å². The van der Waals surface area contributed by atoms with Crippen molar-refractivity contribution in [2.24, 2.45) is 0 Å². The summed E-state index contributed by atoms with van der Waals surface area (Å²) in [5, 5.41) is 2.69. The zero-order valence-corrected chi connectivity index (χ0v) is 17.0. The van der Waals surface area contributed by atoms with Crippen LogP contribution in [0.3, 0.4) is 0 Å². The minimum Gasteiger partial charge on any atom is -0.267 e. The van der Waals surface area contributed by atoms with Crippen LogP contribution in [0.1, 0.15) is 11.4 Å². The smallest absolute Gasteiger partial charge is 0.267 e. The Morgan fingerprint density at radius 3 is 2.10 bits per heavy atom. The number of aromatic nitrogens is 3. The van der Waals surface area contributed by atoms with E-state index in [1.807, 2.05) is 54.2 Å². The Bertz CT molecular complexity index is 1360. The van der Waals surface area contributed by atoms with Crippen molar-refractivity contribution in [1.82, 2.24) is 14.3 Å². The van der Waals surface area contributed by atoms with Crippen LogP contribution < -0.4 is 5.56 Å². The molecule has 0 bridgehead atoms. The number of benzene rings is 2. The van der Waals surface area contributed by atoms with Gasteiger partial charge in [0.05, 0.1) is 5.39 Å². The van der Waals surface area contributed by atoms with Gasteiger partial charge >= 0.3 is 0 Å². The van der Waals surface area contributed by atoms with Crippen molar-refractivity contribution in [3.63, 3.8) is 0 Å². The van der Waals surface area contributed by atoms with Crippen LogP contribution in [0.15, 0.2) is 83.2 Å². The minimum absolute atomic E-state index is 0.0548. The van der Waals surface area contributed by atoms with Gasteiger partial charge in [0, 0.05) is 22.3 Å². The SMILES string of the molecule is Cc1ccc(C)n1-n1cnc2scc(-c3ccc(-c4ccccc4)cc3)c2c1=O. The summed E-state index contributed by atoms with van der Waals surface area (Å²) in [5.74, 6) is 0. The Hall–Kier alpha value is -3.44. The highest BCUT2D eigenvalue weighted by molar-refractivity contribution is 7.17. The number of aryl methyl sites for hydroxylation is 2. The van der Waals surface area contributed by atoms with Gasteiger partial charge in [0.15, 0.2) is 0 Å². The number of thiophene rings is 1. The molecule has 0 radical (unpaired) electrons. The van der Waals surface area contributed by atoms with Crippen LogP contribution in [0, 0.1) is 13.8 Å². The van der Waals surface area contributed by atoms with Crippen molar-refractivity contribution in [2.75, 3.05) is 0 Å². The number of hydrogen-bond acceptors (Lipinski definition) is 3. The van der Waals surface area contributed by atoms with E-state index in [9.17, 15) is 4.79 Å². The van der Waals surface area contributed by atoms with Gasteiger partial charge in [-0.25, -0.2) is 9.66 Å². The number of rotatable bonds is 3. The Balaban J connectivity index is 1.65. The highest BCUT2D eigenvalue weighted by atomic mass is 32.1. The minimum atomic E-state index is -0.0548. The molecule has 0 N–H and O–H groups in total. The summed E-state index contributed by atoms with van der Waals surface area (Å²) in [7, 11) is 0. The maximum atomic E-state index is 13.4. The molecule has 2 aromatic carbocycles. The first kappa shape index (κ1) is 17.6. The molecule has 5 rings (SSSR count). The van der Waals surface area contributed by atoms with Crippen LogP contribution in [0.2, 0.25) is 0 Å².